The Morgan fingerprint density at radius 3 is 2.38 bits per heavy atom. The maximum Gasteiger partial charge on any atom is 0.226 e. The molecule has 3 nitrogen and oxygen atoms in total. The molecule has 5 aliphatic rings. The van der Waals surface area contributed by atoms with E-state index in [9.17, 15) is 4.79 Å². The first-order valence-electron chi connectivity index (χ1n) is 8.86. The summed E-state index contributed by atoms with van der Waals surface area (Å²) in [7, 11) is 0. The molecule has 4 bridgehead atoms. The second kappa shape index (κ2) is 4.47. The molecular weight excluding hydrogens is 262 g/mol. The van der Waals surface area contributed by atoms with Gasteiger partial charge in [-0.15, -0.1) is 0 Å². The van der Waals surface area contributed by atoms with E-state index < -0.39 is 0 Å². The molecule has 5 rings (SSSR count). The summed E-state index contributed by atoms with van der Waals surface area (Å²) in [4.78, 5) is 12.9. The van der Waals surface area contributed by atoms with Crippen molar-refractivity contribution in [2.24, 2.45) is 28.1 Å². The van der Waals surface area contributed by atoms with E-state index in [4.69, 9.17) is 5.11 Å². The van der Waals surface area contributed by atoms with Gasteiger partial charge in [-0.1, -0.05) is 6.92 Å². The van der Waals surface area contributed by atoms with E-state index in [0.717, 1.165) is 44.1 Å². The summed E-state index contributed by atoms with van der Waals surface area (Å²) in [5.41, 5.74) is 0.620. The summed E-state index contributed by atoms with van der Waals surface area (Å²) in [6, 6.07) is 0. The van der Waals surface area contributed by atoms with Gasteiger partial charge in [0.05, 0.1) is 5.41 Å². The second-order valence-electron chi connectivity index (χ2n) is 9.21. The number of carbonyl (C=O) groups is 1. The molecule has 5 aliphatic carbocycles. The van der Waals surface area contributed by atoms with E-state index >= 15 is 0 Å². The molecular formula is C18H29NO2. The van der Waals surface area contributed by atoms with Crippen LogP contribution in [-0.2, 0) is 4.79 Å². The van der Waals surface area contributed by atoms with Crippen LogP contribution in [0.25, 0.3) is 0 Å². The third-order valence-electron chi connectivity index (χ3n) is 7.06. The van der Waals surface area contributed by atoms with Crippen LogP contribution in [0.4, 0.5) is 0 Å². The van der Waals surface area contributed by atoms with Crippen LogP contribution in [0.2, 0.25) is 0 Å². The predicted molar refractivity (Wildman–Crippen MR) is 81.6 cm³/mol. The zero-order chi connectivity index (χ0) is 14.7. The van der Waals surface area contributed by atoms with Crippen molar-refractivity contribution in [2.75, 3.05) is 13.2 Å². The molecule has 2 atom stereocenters. The SMILES string of the molecule is CC12CC3CC(C1)CC(C(=O)NCC1(CCO)CC1)(C3)C2. The lowest BCUT2D eigenvalue weighted by atomic mass is 9.44. The second-order valence-corrected chi connectivity index (χ2v) is 9.21. The Labute approximate surface area is 127 Å². The van der Waals surface area contributed by atoms with Gasteiger partial charge in [0.1, 0.15) is 0 Å². The molecule has 5 saturated carbocycles. The maximum absolute atomic E-state index is 12.9. The Morgan fingerprint density at radius 2 is 1.86 bits per heavy atom. The summed E-state index contributed by atoms with van der Waals surface area (Å²) in [6.07, 6.45) is 10.7. The topological polar surface area (TPSA) is 49.3 Å². The van der Waals surface area contributed by atoms with E-state index in [-0.39, 0.29) is 17.4 Å². The van der Waals surface area contributed by atoms with Crippen molar-refractivity contribution in [3.05, 3.63) is 0 Å². The third-order valence-corrected chi connectivity index (χ3v) is 7.06. The van der Waals surface area contributed by atoms with Crippen LogP contribution < -0.4 is 5.32 Å². The fourth-order valence-electron chi connectivity index (χ4n) is 6.37. The fraction of sp³-hybridized carbons (Fsp3) is 0.944. The normalized spacial score (nSPS) is 45.6. The van der Waals surface area contributed by atoms with Gasteiger partial charge in [0.2, 0.25) is 5.91 Å². The molecule has 0 aromatic heterocycles. The van der Waals surface area contributed by atoms with Crippen LogP contribution in [-0.4, -0.2) is 24.2 Å². The summed E-state index contributed by atoms with van der Waals surface area (Å²) in [5.74, 6) is 1.94. The van der Waals surface area contributed by atoms with Crippen molar-refractivity contribution in [1.29, 1.82) is 0 Å². The monoisotopic (exact) mass is 291 g/mol. The van der Waals surface area contributed by atoms with Crippen molar-refractivity contribution < 1.29 is 9.90 Å². The lowest BCUT2D eigenvalue weighted by Gasteiger charge is -2.60. The number of aliphatic hydroxyl groups is 1. The largest absolute Gasteiger partial charge is 0.396 e. The Bertz CT molecular complexity index is 440. The van der Waals surface area contributed by atoms with Gasteiger partial charge >= 0.3 is 0 Å². The zero-order valence-corrected chi connectivity index (χ0v) is 13.3. The lowest BCUT2D eigenvalue weighted by molar-refractivity contribution is -0.155. The minimum Gasteiger partial charge on any atom is -0.396 e. The lowest BCUT2D eigenvalue weighted by Crippen LogP contribution is -2.57. The summed E-state index contributed by atoms with van der Waals surface area (Å²) in [6.45, 7) is 3.46. The first-order chi connectivity index (χ1) is 9.97. The van der Waals surface area contributed by atoms with Gasteiger partial charge in [-0.3, -0.25) is 4.79 Å². The van der Waals surface area contributed by atoms with Crippen LogP contribution in [0.15, 0.2) is 0 Å². The van der Waals surface area contributed by atoms with Gasteiger partial charge in [-0.2, -0.15) is 0 Å². The highest BCUT2D eigenvalue weighted by Gasteiger charge is 2.59. The first-order valence-corrected chi connectivity index (χ1v) is 8.86. The highest BCUT2D eigenvalue weighted by atomic mass is 16.3. The number of hydrogen-bond donors (Lipinski definition) is 2. The minimum absolute atomic E-state index is 0.0475. The maximum atomic E-state index is 12.9. The van der Waals surface area contributed by atoms with Gasteiger partial charge in [0, 0.05) is 13.2 Å². The third kappa shape index (κ3) is 2.32. The molecule has 0 saturated heterocycles. The molecule has 0 aliphatic heterocycles. The summed E-state index contributed by atoms with van der Waals surface area (Å²) in [5, 5.41) is 12.5. The van der Waals surface area contributed by atoms with Crippen molar-refractivity contribution in [1.82, 2.24) is 5.32 Å². The van der Waals surface area contributed by atoms with E-state index in [2.05, 4.69) is 12.2 Å². The molecule has 0 radical (unpaired) electrons. The van der Waals surface area contributed by atoms with Crippen LogP contribution in [0, 0.1) is 28.1 Å². The van der Waals surface area contributed by atoms with Crippen LogP contribution in [0.1, 0.15) is 64.7 Å². The highest BCUT2D eigenvalue weighted by Crippen LogP contribution is 2.65. The Kier molecular flexibility index (Phi) is 2.99. The molecule has 118 valence electrons. The van der Waals surface area contributed by atoms with E-state index in [0.29, 0.717) is 11.3 Å². The average Bonchev–Trinajstić information content (AvgIpc) is 3.14. The quantitative estimate of drug-likeness (QED) is 0.818. The minimum atomic E-state index is -0.0475. The zero-order valence-electron chi connectivity index (χ0n) is 13.3. The fourth-order valence-corrected chi connectivity index (χ4v) is 6.37. The van der Waals surface area contributed by atoms with Gasteiger partial charge in [-0.05, 0) is 80.5 Å². The van der Waals surface area contributed by atoms with Crippen LogP contribution >= 0.6 is 0 Å². The summed E-state index contributed by atoms with van der Waals surface area (Å²) < 4.78 is 0. The molecule has 0 aromatic rings. The van der Waals surface area contributed by atoms with Crippen molar-refractivity contribution >= 4 is 5.91 Å². The number of aliphatic hydroxyl groups excluding tert-OH is 1. The highest BCUT2D eigenvalue weighted by molar-refractivity contribution is 5.83. The molecule has 1 amide bonds. The Morgan fingerprint density at radius 1 is 1.19 bits per heavy atom. The molecule has 21 heavy (non-hydrogen) atoms. The van der Waals surface area contributed by atoms with Gasteiger partial charge < -0.3 is 10.4 Å². The van der Waals surface area contributed by atoms with E-state index in [1.807, 2.05) is 0 Å². The molecule has 2 N–H and O–H groups in total. The van der Waals surface area contributed by atoms with E-state index in [1.54, 1.807) is 0 Å². The molecule has 2 unspecified atom stereocenters. The summed E-state index contributed by atoms with van der Waals surface area (Å²) >= 11 is 0. The van der Waals surface area contributed by atoms with Crippen LogP contribution in [0.3, 0.4) is 0 Å². The molecule has 0 aromatic carbocycles. The van der Waals surface area contributed by atoms with Crippen molar-refractivity contribution in [3.8, 4) is 0 Å². The number of amides is 1. The number of carbonyl (C=O) groups excluding carboxylic acids is 1. The number of nitrogens with one attached hydrogen (secondary N) is 1. The molecule has 3 heteroatoms. The van der Waals surface area contributed by atoms with Crippen LogP contribution in [0.5, 0.6) is 0 Å². The van der Waals surface area contributed by atoms with E-state index in [1.165, 1.54) is 32.1 Å². The van der Waals surface area contributed by atoms with Gasteiger partial charge in [-0.25, -0.2) is 0 Å². The number of hydrogen-bond acceptors (Lipinski definition) is 2. The molecule has 0 heterocycles. The standard InChI is InChI=1S/C18H29NO2/c1-16-7-13-6-14(8-16)10-18(9-13,11-16)15(21)19-12-17(2-3-17)4-5-20/h13-14,20H,2-12H2,1H3,(H,19,21). The first kappa shape index (κ1) is 14.0. The van der Waals surface area contributed by atoms with Gasteiger partial charge in [0.15, 0.2) is 0 Å². The predicted octanol–water partition coefficient (Wildman–Crippen LogP) is 2.87. The smallest absolute Gasteiger partial charge is 0.226 e. The van der Waals surface area contributed by atoms with Crippen molar-refractivity contribution in [2.45, 2.75) is 64.7 Å². The Hall–Kier alpha value is -0.570. The van der Waals surface area contributed by atoms with Crippen molar-refractivity contribution in [3.63, 3.8) is 0 Å². The number of rotatable bonds is 5. The van der Waals surface area contributed by atoms with Gasteiger partial charge in [0.25, 0.3) is 0 Å². The average molecular weight is 291 g/mol. The molecule has 0 spiro atoms. The Balaban J connectivity index is 1.44. The molecule has 5 fully saturated rings.